The van der Waals surface area contributed by atoms with Crippen molar-refractivity contribution in [2.24, 2.45) is 0 Å². The lowest BCUT2D eigenvalue weighted by Gasteiger charge is -2.09. The van der Waals surface area contributed by atoms with Gasteiger partial charge in [0.15, 0.2) is 4.67 Å². The molecule has 0 spiro atoms. The van der Waals surface area contributed by atoms with Crippen LogP contribution in [0.1, 0.15) is 5.76 Å². The molecular formula is C15H10BrClN2O3. The molecule has 0 atom stereocenters. The van der Waals surface area contributed by atoms with E-state index in [4.69, 9.17) is 26.0 Å². The summed E-state index contributed by atoms with van der Waals surface area (Å²) in [5.74, 6) is 0.239. The predicted octanol–water partition coefficient (Wildman–Crippen LogP) is 4.25. The van der Waals surface area contributed by atoms with Gasteiger partial charge in [-0.1, -0.05) is 11.6 Å². The monoisotopic (exact) mass is 380 g/mol. The Balaban J connectivity index is 2.25. The van der Waals surface area contributed by atoms with E-state index in [1.165, 1.54) is 19.3 Å². The maximum Gasteiger partial charge on any atom is 0.266 e. The summed E-state index contributed by atoms with van der Waals surface area (Å²) in [6.45, 7) is 0. The summed E-state index contributed by atoms with van der Waals surface area (Å²) in [4.78, 5) is 12.2. The first-order valence-corrected chi connectivity index (χ1v) is 7.22. The van der Waals surface area contributed by atoms with E-state index >= 15 is 0 Å². The minimum absolute atomic E-state index is 0.108. The first kappa shape index (κ1) is 16.1. The number of nitrogens with one attached hydrogen (secondary N) is 1. The fourth-order valence-corrected chi connectivity index (χ4v) is 2.16. The van der Waals surface area contributed by atoms with Crippen molar-refractivity contribution in [2.45, 2.75) is 0 Å². The maximum atomic E-state index is 12.2. The van der Waals surface area contributed by atoms with Gasteiger partial charge >= 0.3 is 0 Å². The zero-order valence-corrected chi connectivity index (χ0v) is 13.7. The molecule has 0 unspecified atom stereocenters. The molecule has 0 radical (unpaired) electrons. The second-order valence-electron chi connectivity index (χ2n) is 4.11. The van der Waals surface area contributed by atoms with Crippen LogP contribution in [0.2, 0.25) is 5.02 Å². The van der Waals surface area contributed by atoms with Crippen molar-refractivity contribution in [3.63, 3.8) is 0 Å². The molecule has 112 valence electrons. The van der Waals surface area contributed by atoms with Gasteiger partial charge in [0.25, 0.3) is 5.91 Å². The van der Waals surface area contributed by atoms with Gasteiger partial charge in [-0.25, -0.2) is 0 Å². The van der Waals surface area contributed by atoms with Crippen LogP contribution in [0.3, 0.4) is 0 Å². The number of benzene rings is 1. The zero-order valence-electron chi connectivity index (χ0n) is 11.4. The molecule has 0 aliphatic carbocycles. The molecule has 2 rings (SSSR count). The molecule has 0 aliphatic heterocycles. The predicted molar refractivity (Wildman–Crippen MR) is 86.6 cm³/mol. The third kappa shape index (κ3) is 3.91. The number of carbonyl (C=O) groups excluding carboxylic acids is 1. The number of halogens is 2. The summed E-state index contributed by atoms with van der Waals surface area (Å²) >= 11 is 9.05. The molecule has 7 heteroatoms. The Labute approximate surface area is 140 Å². The summed E-state index contributed by atoms with van der Waals surface area (Å²) < 4.78 is 10.9. The van der Waals surface area contributed by atoms with E-state index in [2.05, 4.69) is 21.2 Å². The lowest BCUT2D eigenvalue weighted by Crippen LogP contribution is -2.14. The topological polar surface area (TPSA) is 75.3 Å². The molecule has 1 N–H and O–H groups in total. The number of hydrogen-bond donors (Lipinski definition) is 1. The highest BCUT2D eigenvalue weighted by atomic mass is 79.9. The number of methoxy groups -OCH3 is 1. The number of furan rings is 1. The van der Waals surface area contributed by atoms with E-state index in [0.29, 0.717) is 26.9 Å². The summed E-state index contributed by atoms with van der Waals surface area (Å²) in [7, 11) is 1.47. The van der Waals surface area contributed by atoms with Crippen LogP contribution in [-0.2, 0) is 4.79 Å². The van der Waals surface area contributed by atoms with E-state index in [1.807, 2.05) is 6.07 Å². The Morgan fingerprint density at radius 3 is 2.82 bits per heavy atom. The van der Waals surface area contributed by atoms with Crippen molar-refractivity contribution in [3.8, 4) is 11.8 Å². The lowest BCUT2D eigenvalue weighted by molar-refractivity contribution is -0.112. The van der Waals surface area contributed by atoms with Crippen LogP contribution in [0.15, 0.2) is 45.0 Å². The maximum absolute atomic E-state index is 12.2. The van der Waals surface area contributed by atoms with Gasteiger partial charge in [-0.15, -0.1) is 0 Å². The second kappa shape index (κ2) is 7.16. The van der Waals surface area contributed by atoms with Gasteiger partial charge in [0, 0.05) is 11.1 Å². The van der Waals surface area contributed by atoms with Crippen molar-refractivity contribution < 1.29 is 13.9 Å². The van der Waals surface area contributed by atoms with Crippen molar-refractivity contribution >= 4 is 45.2 Å². The van der Waals surface area contributed by atoms with Gasteiger partial charge in [-0.2, -0.15) is 5.26 Å². The Hall–Kier alpha value is -2.23. The Morgan fingerprint density at radius 1 is 1.45 bits per heavy atom. The largest absolute Gasteiger partial charge is 0.495 e. The first-order valence-electron chi connectivity index (χ1n) is 6.05. The second-order valence-corrected chi connectivity index (χ2v) is 5.33. The molecule has 1 aromatic carbocycles. The molecule has 5 nitrogen and oxygen atoms in total. The SMILES string of the molecule is COc1ccc(Cl)cc1NC(=O)/C(C#N)=C/c1ccc(Br)o1. The summed E-state index contributed by atoms with van der Waals surface area (Å²) in [6.07, 6.45) is 1.34. The van der Waals surface area contributed by atoms with Crippen molar-refractivity contribution in [3.05, 3.63) is 51.4 Å². The highest BCUT2D eigenvalue weighted by Gasteiger charge is 2.13. The number of nitrogens with zero attached hydrogens (tertiary/aromatic N) is 1. The van der Waals surface area contributed by atoms with E-state index in [-0.39, 0.29) is 5.57 Å². The smallest absolute Gasteiger partial charge is 0.266 e. The summed E-state index contributed by atoms with van der Waals surface area (Å²) in [5.41, 5.74) is 0.269. The van der Waals surface area contributed by atoms with Crippen LogP contribution < -0.4 is 10.1 Å². The third-order valence-corrected chi connectivity index (χ3v) is 3.32. The van der Waals surface area contributed by atoms with E-state index in [1.54, 1.807) is 24.3 Å². The molecule has 0 bridgehead atoms. The normalized spacial score (nSPS) is 10.9. The number of amides is 1. The molecule has 0 saturated carbocycles. The van der Waals surface area contributed by atoms with Crippen LogP contribution in [0.5, 0.6) is 5.75 Å². The average molecular weight is 382 g/mol. The molecular weight excluding hydrogens is 372 g/mol. The standard InChI is InChI=1S/C15H10BrClN2O3/c1-21-13-4-2-10(17)7-12(13)19-15(20)9(8-18)6-11-3-5-14(16)22-11/h2-7H,1H3,(H,19,20)/b9-6+. The minimum atomic E-state index is -0.587. The number of anilines is 1. The minimum Gasteiger partial charge on any atom is -0.495 e. The molecule has 0 fully saturated rings. The molecule has 2 aromatic rings. The van der Waals surface area contributed by atoms with Crippen LogP contribution >= 0.6 is 27.5 Å². The number of hydrogen-bond acceptors (Lipinski definition) is 4. The van der Waals surface area contributed by atoms with Crippen LogP contribution in [0, 0.1) is 11.3 Å². The molecule has 0 aliphatic rings. The molecule has 22 heavy (non-hydrogen) atoms. The highest BCUT2D eigenvalue weighted by molar-refractivity contribution is 9.10. The number of ether oxygens (including phenoxy) is 1. The quantitative estimate of drug-likeness (QED) is 0.634. The van der Waals surface area contributed by atoms with Gasteiger partial charge in [0.1, 0.15) is 23.2 Å². The lowest BCUT2D eigenvalue weighted by atomic mass is 10.2. The molecule has 1 amide bonds. The Morgan fingerprint density at radius 2 is 2.23 bits per heavy atom. The number of carbonyl (C=O) groups is 1. The van der Waals surface area contributed by atoms with Crippen LogP contribution in [0.4, 0.5) is 5.69 Å². The summed E-state index contributed by atoms with van der Waals surface area (Å²) in [5, 5.41) is 12.2. The first-order chi connectivity index (χ1) is 10.5. The van der Waals surface area contributed by atoms with E-state index in [0.717, 1.165) is 0 Å². The highest BCUT2D eigenvalue weighted by Crippen LogP contribution is 2.28. The Kier molecular flexibility index (Phi) is 5.26. The van der Waals surface area contributed by atoms with Gasteiger partial charge in [0.2, 0.25) is 0 Å². The van der Waals surface area contributed by atoms with Crippen molar-refractivity contribution in [1.82, 2.24) is 0 Å². The molecule has 1 heterocycles. The Bertz CT molecular complexity index is 777. The summed E-state index contributed by atoms with van der Waals surface area (Å²) in [6, 6.07) is 9.93. The number of rotatable bonds is 4. The molecule has 1 aromatic heterocycles. The van der Waals surface area contributed by atoms with Crippen molar-refractivity contribution in [2.75, 3.05) is 12.4 Å². The van der Waals surface area contributed by atoms with Crippen molar-refractivity contribution in [1.29, 1.82) is 5.26 Å². The van der Waals surface area contributed by atoms with Gasteiger partial charge in [-0.3, -0.25) is 4.79 Å². The third-order valence-electron chi connectivity index (χ3n) is 2.66. The number of nitriles is 1. The van der Waals surface area contributed by atoms with E-state index < -0.39 is 5.91 Å². The van der Waals surface area contributed by atoms with E-state index in [9.17, 15) is 4.79 Å². The fraction of sp³-hybridized carbons (Fsp3) is 0.0667. The zero-order chi connectivity index (χ0) is 16.1. The van der Waals surface area contributed by atoms with Crippen LogP contribution in [0.25, 0.3) is 6.08 Å². The van der Waals surface area contributed by atoms with Gasteiger partial charge in [0.05, 0.1) is 12.8 Å². The van der Waals surface area contributed by atoms with Gasteiger partial charge in [-0.05, 0) is 46.3 Å². The van der Waals surface area contributed by atoms with Gasteiger partial charge < -0.3 is 14.5 Å². The molecule has 0 saturated heterocycles. The van der Waals surface area contributed by atoms with Crippen LogP contribution in [-0.4, -0.2) is 13.0 Å². The fourth-order valence-electron chi connectivity index (χ4n) is 1.66. The average Bonchev–Trinajstić information content (AvgIpc) is 2.90.